The minimum absolute atomic E-state index is 0.0232. The minimum atomic E-state index is -0.0232. The van der Waals surface area contributed by atoms with Gasteiger partial charge in [-0.25, -0.2) is 0 Å². The monoisotopic (exact) mass is 258 g/mol. The van der Waals surface area contributed by atoms with Crippen LogP contribution >= 0.6 is 0 Å². The molecule has 1 aliphatic heterocycles. The molecule has 1 aromatic rings. The van der Waals surface area contributed by atoms with Gasteiger partial charge in [0, 0.05) is 25.0 Å². The second kappa shape index (κ2) is 5.33. The van der Waals surface area contributed by atoms with Crippen molar-refractivity contribution >= 4 is 5.91 Å². The van der Waals surface area contributed by atoms with Crippen LogP contribution in [0.25, 0.3) is 0 Å². The number of hydrogen-bond donors (Lipinski definition) is 1. The summed E-state index contributed by atoms with van der Waals surface area (Å²) in [5, 5.41) is 0. The van der Waals surface area contributed by atoms with E-state index in [1.807, 2.05) is 30.3 Å². The van der Waals surface area contributed by atoms with Gasteiger partial charge >= 0.3 is 0 Å². The third-order valence-corrected chi connectivity index (χ3v) is 4.63. The van der Waals surface area contributed by atoms with Crippen LogP contribution in [-0.4, -0.2) is 23.4 Å². The van der Waals surface area contributed by atoms with Crippen LogP contribution in [0.4, 0.5) is 0 Å². The topological polar surface area (TPSA) is 46.3 Å². The third-order valence-electron chi connectivity index (χ3n) is 4.63. The predicted octanol–water partition coefficient (Wildman–Crippen LogP) is 2.48. The second-order valence-corrected chi connectivity index (χ2v) is 5.93. The molecule has 0 radical (unpaired) electrons. The predicted molar refractivity (Wildman–Crippen MR) is 75.4 cm³/mol. The van der Waals surface area contributed by atoms with Crippen LogP contribution < -0.4 is 5.73 Å². The maximum Gasteiger partial charge on any atom is 0.222 e. The lowest BCUT2D eigenvalue weighted by Gasteiger charge is -2.27. The Balaban J connectivity index is 1.51. The first kappa shape index (κ1) is 12.7. The van der Waals surface area contributed by atoms with Gasteiger partial charge in [0.15, 0.2) is 0 Å². The van der Waals surface area contributed by atoms with Crippen molar-refractivity contribution < 1.29 is 4.79 Å². The van der Waals surface area contributed by atoms with Crippen molar-refractivity contribution in [2.24, 2.45) is 11.7 Å². The van der Waals surface area contributed by atoms with Crippen LogP contribution in [0.3, 0.4) is 0 Å². The van der Waals surface area contributed by atoms with Gasteiger partial charge in [0.25, 0.3) is 0 Å². The number of likely N-dealkylation sites (tertiary alicyclic amines) is 1. The number of nitrogens with zero attached hydrogens (tertiary/aromatic N) is 1. The number of rotatable bonds is 4. The highest BCUT2D eigenvalue weighted by atomic mass is 16.2. The summed E-state index contributed by atoms with van der Waals surface area (Å²) in [5.41, 5.74) is 7.27. The van der Waals surface area contributed by atoms with Crippen molar-refractivity contribution in [3.8, 4) is 0 Å². The zero-order chi connectivity index (χ0) is 13.2. The van der Waals surface area contributed by atoms with Gasteiger partial charge in [-0.05, 0) is 37.2 Å². The first-order chi connectivity index (χ1) is 9.24. The van der Waals surface area contributed by atoms with Crippen molar-refractivity contribution in [1.82, 2.24) is 4.90 Å². The Hall–Kier alpha value is -1.35. The highest BCUT2D eigenvalue weighted by Gasteiger charge is 2.39. The van der Waals surface area contributed by atoms with Crippen LogP contribution in [0, 0.1) is 5.92 Å². The smallest absolute Gasteiger partial charge is 0.222 e. The van der Waals surface area contributed by atoms with E-state index >= 15 is 0 Å². The van der Waals surface area contributed by atoms with Crippen molar-refractivity contribution in [3.05, 3.63) is 35.9 Å². The van der Waals surface area contributed by atoms with E-state index in [-0.39, 0.29) is 6.04 Å². The highest BCUT2D eigenvalue weighted by molar-refractivity contribution is 5.77. The fourth-order valence-electron chi connectivity index (χ4n) is 3.52. The summed E-state index contributed by atoms with van der Waals surface area (Å²) in [6, 6.07) is 10.6. The summed E-state index contributed by atoms with van der Waals surface area (Å²) >= 11 is 0. The number of hydrogen-bond acceptors (Lipinski definition) is 2. The van der Waals surface area contributed by atoms with E-state index < -0.39 is 0 Å². The summed E-state index contributed by atoms with van der Waals surface area (Å²) in [5.74, 6) is 1.08. The van der Waals surface area contributed by atoms with Crippen molar-refractivity contribution in [2.45, 2.75) is 44.2 Å². The molecule has 1 saturated heterocycles. The molecule has 3 unspecified atom stereocenters. The van der Waals surface area contributed by atoms with Gasteiger partial charge in [-0.15, -0.1) is 0 Å². The molecule has 19 heavy (non-hydrogen) atoms. The van der Waals surface area contributed by atoms with Crippen molar-refractivity contribution in [3.63, 3.8) is 0 Å². The minimum Gasteiger partial charge on any atom is -0.339 e. The number of benzene rings is 1. The number of fused-ring (bicyclic) bond motifs is 2. The summed E-state index contributed by atoms with van der Waals surface area (Å²) < 4.78 is 0. The van der Waals surface area contributed by atoms with Crippen LogP contribution in [-0.2, 0) is 4.79 Å². The molecular formula is C16H22N2O. The van der Waals surface area contributed by atoms with Gasteiger partial charge in [0.2, 0.25) is 5.91 Å². The molecule has 2 N–H and O–H groups in total. The molecule has 2 fully saturated rings. The van der Waals surface area contributed by atoms with Gasteiger partial charge < -0.3 is 10.6 Å². The summed E-state index contributed by atoms with van der Waals surface area (Å²) in [7, 11) is 0. The Morgan fingerprint density at radius 1 is 1.32 bits per heavy atom. The van der Waals surface area contributed by atoms with E-state index in [4.69, 9.17) is 5.73 Å². The highest BCUT2D eigenvalue weighted by Crippen LogP contribution is 2.37. The zero-order valence-electron chi connectivity index (χ0n) is 11.3. The number of carbonyl (C=O) groups is 1. The molecule has 1 aromatic carbocycles. The third kappa shape index (κ3) is 2.66. The van der Waals surface area contributed by atoms with E-state index in [0.717, 1.165) is 24.4 Å². The van der Waals surface area contributed by atoms with E-state index in [9.17, 15) is 4.79 Å². The molecule has 102 valence electrons. The molecule has 3 atom stereocenters. The molecule has 1 amide bonds. The zero-order valence-corrected chi connectivity index (χ0v) is 11.3. The number of piperidine rings is 1. The van der Waals surface area contributed by atoms with Crippen LogP contribution in [0.1, 0.15) is 43.7 Å². The molecule has 2 aliphatic rings. The molecule has 3 heteroatoms. The van der Waals surface area contributed by atoms with Gasteiger partial charge in [-0.1, -0.05) is 30.3 Å². The van der Waals surface area contributed by atoms with Crippen molar-refractivity contribution in [1.29, 1.82) is 0 Å². The average molecular weight is 258 g/mol. The van der Waals surface area contributed by atoms with Crippen molar-refractivity contribution in [2.75, 3.05) is 6.54 Å². The average Bonchev–Trinajstić information content (AvgIpc) is 3.08. The summed E-state index contributed by atoms with van der Waals surface area (Å²) in [4.78, 5) is 14.3. The SMILES string of the molecule is NC(CCC(=O)N1CC2CCC1C2)c1ccccc1. The van der Waals surface area contributed by atoms with Gasteiger partial charge in [0.05, 0.1) is 0 Å². The van der Waals surface area contributed by atoms with E-state index in [1.165, 1.54) is 19.3 Å². The van der Waals surface area contributed by atoms with Crippen LogP contribution in [0.5, 0.6) is 0 Å². The number of carbonyl (C=O) groups excluding carboxylic acids is 1. The normalized spacial score (nSPS) is 26.7. The molecule has 3 nitrogen and oxygen atoms in total. The quantitative estimate of drug-likeness (QED) is 0.902. The largest absolute Gasteiger partial charge is 0.339 e. The molecule has 1 saturated carbocycles. The van der Waals surface area contributed by atoms with E-state index in [0.29, 0.717) is 18.4 Å². The lowest BCUT2D eigenvalue weighted by molar-refractivity contribution is -0.133. The van der Waals surface area contributed by atoms with Crippen LogP contribution in [0.2, 0.25) is 0 Å². The van der Waals surface area contributed by atoms with Crippen LogP contribution in [0.15, 0.2) is 30.3 Å². The second-order valence-electron chi connectivity index (χ2n) is 5.93. The Labute approximate surface area is 114 Å². The standard InChI is InChI=1S/C16H22N2O/c17-15(13-4-2-1-3-5-13)8-9-16(19)18-11-12-6-7-14(18)10-12/h1-5,12,14-15H,6-11,17H2. The maximum atomic E-state index is 12.2. The fraction of sp³-hybridized carbons (Fsp3) is 0.562. The Morgan fingerprint density at radius 2 is 2.11 bits per heavy atom. The van der Waals surface area contributed by atoms with E-state index in [1.54, 1.807) is 0 Å². The van der Waals surface area contributed by atoms with Gasteiger partial charge in [0.1, 0.15) is 0 Å². The molecule has 1 aliphatic carbocycles. The molecule has 0 aromatic heterocycles. The number of nitrogens with two attached hydrogens (primary N) is 1. The lowest BCUT2D eigenvalue weighted by atomic mass is 10.0. The van der Waals surface area contributed by atoms with E-state index in [2.05, 4.69) is 4.90 Å². The van der Waals surface area contributed by atoms with Gasteiger partial charge in [-0.3, -0.25) is 4.79 Å². The molecule has 0 spiro atoms. The Morgan fingerprint density at radius 3 is 2.74 bits per heavy atom. The lowest BCUT2D eigenvalue weighted by Crippen LogP contribution is -2.37. The first-order valence-electron chi connectivity index (χ1n) is 7.34. The maximum absolute atomic E-state index is 12.2. The number of amides is 1. The Bertz CT molecular complexity index is 445. The first-order valence-corrected chi connectivity index (χ1v) is 7.34. The summed E-state index contributed by atoms with van der Waals surface area (Å²) in [6.07, 6.45) is 5.09. The Kier molecular flexibility index (Phi) is 3.56. The summed E-state index contributed by atoms with van der Waals surface area (Å²) in [6.45, 7) is 0.990. The molecule has 2 bridgehead atoms. The fourth-order valence-corrected chi connectivity index (χ4v) is 3.52. The van der Waals surface area contributed by atoms with Gasteiger partial charge in [-0.2, -0.15) is 0 Å². The molecule has 3 rings (SSSR count). The molecular weight excluding hydrogens is 236 g/mol. The molecule has 1 heterocycles.